The lowest BCUT2D eigenvalue weighted by Crippen LogP contribution is -2.63. The van der Waals surface area contributed by atoms with E-state index < -0.39 is 64.0 Å². The molecule has 13 heteroatoms. The van der Waals surface area contributed by atoms with Gasteiger partial charge in [-0.3, -0.25) is 24.2 Å². The molecule has 0 saturated carbocycles. The molecule has 2 heterocycles. The molecule has 4 atom stereocenters. The predicted molar refractivity (Wildman–Crippen MR) is 151 cm³/mol. The van der Waals surface area contributed by atoms with Crippen LogP contribution in [0.25, 0.3) is 11.3 Å². The molecule has 11 nitrogen and oxygen atoms in total. The van der Waals surface area contributed by atoms with E-state index in [9.17, 15) is 43.6 Å². The van der Waals surface area contributed by atoms with E-state index in [-0.39, 0.29) is 55.7 Å². The number of alkyl halides is 2. The molecule has 234 valence electrons. The fourth-order valence-electron chi connectivity index (χ4n) is 7.44. The number of primary amides is 1. The lowest BCUT2D eigenvalue weighted by molar-refractivity contribution is -0.148. The molecule has 44 heavy (non-hydrogen) atoms. The number of likely N-dealkylation sites (tertiary alicyclic amines) is 1. The minimum atomic E-state index is -2.73. The summed E-state index contributed by atoms with van der Waals surface area (Å²) in [5.41, 5.74) is 3.01. The van der Waals surface area contributed by atoms with Crippen molar-refractivity contribution in [2.45, 2.75) is 49.8 Å². The van der Waals surface area contributed by atoms with Gasteiger partial charge in [0.15, 0.2) is 11.4 Å². The number of Topliss-reactive ketones (excluding diaryl/α,β-unsaturated/α-hetero) is 2. The molecule has 1 aliphatic heterocycles. The van der Waals surface area contributed by atoms with Crippen molar-refractivity contribution in [1.29, 1.82) is 0 Å². The topological polar surface area (TPSA) is 178 Å². The van der Waals surface area contributed by atoms with Gasteiger partial charge in [0.1, 0.15) is 28.6 Å². The molecule has 0 bridgehead atoms. The van der Waals surface area contributed by atoms with Crippen molar-refractivity contribution in [2.24, 2.45) is 17.6 Å². The van der Waals surface area contributed by atoms with Crippen LogP contribution >= 0.6 is 0 Å². The average Bonchev–Trinajstić information content (AvgIpc) is 3.39. The Morgan fingerprint density at radius 2 is 1.82 bits per heavy atom. The maximum absolute atomic E-state index is 14.0. The van der Waals surface area contributed by atoms with E-state index in [1.165, 1.54) is 17.2 Å². The summed E-state index contributed by atoms with van der Waals surface area (Å²) in [6.45, 7) is 0.735. The summed E-state index contributed by atoms with van der Waals surface area (Å²) in [5.74, 6) is -9.56. The highest BCUT2D eigenvalue weighted by atomic mass is 19.3. The fraction of sp³-hybridized carbons (Fsp3) is 0.452. The number of fused-ring (bicyclic) bond motifs is 3. The molecule has 6 N–H and O–H groups in total. The van der Waals surface area contributed by atoms with Gasteiger partial charge in [0.2, 0.25) is 5.78 Å². The number of nitrogens with two attached hydrogens (primary N) is 1. The Labute approximate surface area is 250 Å². The van der Waals surface area contributed by atoms with Crippen LogP contribution in [0.1, 0.15) is 40.7 Å². The second kappa shape index (κ2) is 10.2. The third kappa shape index (κ3) is 4.36. The van der Waals surface area contributed by atoms with E-state index in [1.807, 2.05) is 4.90 Å². The zero-order chi connectivity index (χ0) is 31.9. The van der Waals surface area contributed by atoms with E-state index in [2.05, 4.69) is 0 Å². The summed E-state index contributed by atoms with van der Waals surface area (Å²) in [4.78, 5) is 43.0. The number of ketones is 2. The van der Waals surface area contributed by atoms with Crippen LogP contribution in [0.2, 0.25) is 0 Å². The summed E-state index contributed by atoms with van der Waals surface area (Å²) in [7, 11) is 3.12. The van der Waals surface area contributed by atoms with Crippen LogP contribution in [0, 0.1) is 11.8 Å². The molecule has 1 fully saturated rings. The Morgan fingerprint density at radius 1 is 1.14 bits per heavy atom. The molecule has 3 aliphatic carbocycles. The first kappa shape index (κ1) is 30.0. The Balaban J connectivity index is 1.43. The zero-order valence-corrected chi connectivity index (χ0v) is 24.1. The summed E-state index contributed by atoms with van der Waals surface area (Å²) in [6, 6.07) is 3.53. The van der Waals surface area contributed by atoms with Gasteiger partial charge in [-0.1, -0.05) is 0 Å². The number of halogens is 2. The number of amides is 1. The predicted octanol–water partition coefficient (Wildman–Crippen LogP) is 2.61. The van der Waals surface area contributed by atoms with Gasteiger partial charge in [-0.05, 0) is 56.6 Å². The highest BCUT2D eigenvalue weighted by molar-refractivity contribution is 6.24. The number of furan rings is 1. The Bertz CT molecular complexity index is 1650. The van der Waals surface area contributed by atoms with Crippen LogP contribution in [-0.4, -0.2) is 92.4 Å². The molecule has 0 unspecified atom stereocenters. The lowest BCUT2D eigenvalue weighted by atomic mass is 9.58. The van der Waals surface area contributed by atoms with Crippen molar-refractivity contribution in [1.82, 2.24) is 9.80 Å². The second-order valence-corrected chi connectivity index (χ2v) is 12.4. The molecule has 0 radical (unpaired) electrons. The molecule has 1 saturated heterocycles. The first-order valence-corrected chi connectivity index (χ1v) is 14.3. The number of carbonyl (C=O) groups excluding carboxylic acids is 3. The van der Waals surface area contributed by atoms with Gasteiger partial charge in [0.25, 0.3) is 11.8 Å². The monoisotopic (exact) mass is 613 g/mol. The first-order chi connectivity index (χ1) is 20.7. The molecule has 1 amide bonds. The summed E-state index contributed by atoms with van der Waals surface area (Å²) < 4.78 is 33.3. The maximum Gasteiger partial charge on any atom is 0.255 e. The van der Waals surface area contributed by atoms with Gasteiger partial charge in [-0.2, -0.15) is 0 Å². The number of hydrogen-bond acceptors (Lipinski definition) is 10. The number of piperidine rings is 1. The van der Waals surface area contributed by atoms with Gasteiger partial charge in [0.05, 0.1) is 17.9 Å². The SMILES string of the molecule is CN(C)[C@@H]1C(O)=C(C(N)=O)C(=O)[C@@]2(O)C(O)=C3C(=O)c4c(O)ccc(-c5occc5CN5CCC(F)(F)CC5)c4C[C@H]3C[C@@H]12. The number of aliphatic hydroxyl groups is 3. The summed E-state index contributed by atoms with van der Waals surface area (Å²) in [5, 5.41) is 45.0. The number of likely N-dealkylation sites (N-methyl/N-ethyl adjacent to an activating group) is 1. The van der Waals surface area contributed by atoms with Crippen LogP contribution in [0.4, 0.5) is 8.78 Å². The van der Waals surface area contributed by atoms with Crippen LogP contribution in [0.3, 0.4) is 0 Å². The maximum atomic E-state index is 14.0. The number of allylic oxidation sites excluding steroid dienone is 1. The van der Waals surface area contributed by atoms with E-state index >= 15 is 0 Å². The first-order valence-electron chi connectivity index (χ1n) is 14.3. The van der Waals surface area contributed by atoms with Crippen molar-refractivity contribution in [3.63, 3.8) is 0 Å². The molecule has 1 aromatic carbocycles. The Hall–Kier alpha value is -4.07. The number of aliphatic hydroxyl groups excluding tert-OH is 2. The van der Waals surface area contributed by atoms with Crippen LogP contribution in [-0.2, 0) is 22.6 Å². The summed E-state index contributed by atoms with van der Waals surface area (Å²) >= 11 is 0. The molecular weight excluding hydrogens is 580 g/mol. The van der Waals surface area contributed by atoms with Crippen molar-refractivity contribution < 1.29 is 48.0 Å². The van der Waals surface area contributed by atoms with Gasteiger partial charge < -0.3 is 30.6 Å². The van der Waals surface area contributed by atoms with E-state index in [1.54, 1.807) is 26.2 Å². The minimum Gasteiger partial charge on any atom is -0.510 e. The van der Waals surface area contributed by atoms with Gasteiger partial charge in [0, 0.05) is 55.1 Å². The normalized spacial score (nSPS) is 28.6. The Kier molecular flexibility index (Phi) is 6.98. The van der Waals surface area contributed by atoms with Crippen LogP contribution < -0.4 is 5.73 Å². The lowest BCUT2D eigenvalue weighted by Gasteiger charge is -2.50. The zero-order valence-electron chi connectivity index (χ0n) is 24.1. The van der Waals surface area contributed by atoms with Gasteiger partial charge in [-0.15, -0.1) is 0 Å². The summed E-state index contributed by atoms with van der Waals surface area (Å²) in [6.07, 6.45) is 1.01. The molecule has 4 aliphatic rings. The molecule has 2 aromatic rings. The van der Waals surface area contributed by atoms with Gasteiger partial charge >= 0.3 is 0 Å². The number of rotatable bonds is 5. The van der Waals surface area contributed by atoms with Crippen molar-refractivity contribution in [2.75, 3.05) is 27.2 Å². The number of phenols is 1. The smallest absolute Gasteiger partial charge is 0.255 e. The number of aromatic hydroxyl groups is 1. The number of carbonyl (C=O) groups is 3. The highest BCUT2D eigenvalue weighted by Crippen LogP contribution is 2.53. The third-order valence-electron chi connectivity index (χ3n) is 9.58. The Morgan fingerprint density at radius 3 is 2.45 bits per heavy atom. The molecule has 6 rings (SSSR count). The minimum absolute atomic E-state index is 0.0478. The number of phenolic OH excluding ortho intramolecular Hbond substituents is 1. The molecule has 1 aromatic heterocycles. The highest BCUT2D eigenvalue weighted by Gasteiger charge is 2.63. The van der Waals surface area contributed by atoms with E-state index in [0.717, 1.165) is 0 Å². The van der Waals surface area contributed by atoms with Crippen molar-refractivity contribution in [3.8, 4) is 17.1 Å². The number of nitrogens with zero attached hydrogens (tertiary/aromatic N) is 2. The molecule has 0 spiro atoms. The number of hydrogen-bond donors (Lipinski definition) is 5. The largest absolute Gasteiger partial charge is 0.510 e. The van der Waals surface area contributed by atoms with Gasteiger partial charge in [-0.25, -0.2) is 8.78 Å². The second-order valence-electron chi connectivity index (χ2n) is 12.4. The van der Waals surface area contributed by atoms with Crippen LogP contribution in [0.5, 0.6) is 5.75 Å². The van der Waals surface area contributed by atoms with E-state index in [4.69, 9.17) is 10.2 Å². The average molecular weight is 614 g/mol. The van der Waals surface area contributed by atoms with E-state index in [0.29, 0.717) is 29.0 Å². The fourth-order valence-corrected chi connectivity index (χ4v) is 7.44. The third-order valence-corrected chi connectivity index (χ3v) is 9.58. The quantitative estimate of drug-likeness (QED) is 0.315. The standard InChI is InChI=1S/C31H33F2N3O8/c1-35(2)23-18-12-15-11-17-16(26-14(5-10-44-26)13-36-8-6-30(32,33)7-9-36)3-4-19(37)21(17)24(38)20(15)27(40)31(18,43)28(41)22(25(23)39)29(34)42/h3-5,10,15,18,23,37,39-40,43H,6-9,11-13H2,1-2H3,(H2,34,42)/t15-,18-,23-,31-/m0/s1. The van der Waals surface area contributed by atoms with Crippen molar-refractivity contribution in [3.05, 3.63) is 63.8 Å². The van der Waals surface area contributed by atoms with Crippen molar-refractivity contribution >= 4 is 17.5 Å². The number of benzene rings is 1. The molecular formula is C31H33F2N3O8. The van der Waals surface area contributed by atoms with Crippen LogP contribution in [0.15, 0.2) is 51.5 Å².